The lowest BCUT2D eigenvalue weighted by atomic mass is 9.99. The highest BCUT2D eigenvalue weighted by atomic mass is 31.2. The van der Waals surface area contributed by atoms with Crippen LogP contribution in [0.25, 0.3) is 0 Å². The van der Waals surface area contributed by atoms with Gasteiger partial charge in [-0.05, 0) is 49.4 Å². The van der Waals surface area contributed by atoms with Crippen molar-refractivity contribution >= 4 is 39.5 Å². The summed E-state index contributed by atoms with van der Waals surface area (Å²) in [5, 5.41) is 10.6. The Morgan fingerprint density at radius 1 is 0.289 bits per heavy atom. The summed E-state index contributed by atoms with van der Waals surface area (Å²) in [6.07, 6.45) is 52.8. The predicted molar refractivity (Wildman–Crippen MR) is 395 cm³/mol. The molecule has 0 spiro atoms. The van der Waals surface area contributed by atoms with Gasteiger partial charge in [-0.2, -0.15) is 0 Å². The van der Waals surface area contributed by atoms with Crippen LogP contribution in [0.1, 0.15) is 396 Å². The van der Waals surface area contributed by atoms with Gasteiger partial charge in [0.2, 0.25) is 0 Å². The average Bonchev–Trinajstić information content (AvgIpc) is 1.14. The van der Waals surface area contributed by atoms with Crippen molar-refractivity contribution in [1.82, 2.24) is 0 Å². The number of esters is 4. The molecule has 19 heteroatoms. The molecule has 0 saturated heterocycles. The largest absolute Gasteiger partial charge is 0.472 e. The van der Waals surface area contributed by atoms with E-state index in [1.54, 1.807) is 0 Å². The number of carbonyl (C=O) groups excluding carboxylic acids is 4. The first-order valence-corrected chi connectivity index (χ1v) is 43.2. The fourth-order valence-electron chi connectivity index (χ4n) is 11.9. The second kappa shape index (κ2) is 67.2. The van der Waals surface area contributed by atoms with Crippen LogP contribution >= 0.6 is 15.6 Å². The second-order valence-electron chi connectivity index (χ2n) is 29.8. The van der Waals surface area contributed by atoms with Gasteiger partial charge in [-0.15, -0.1) is 0 Å². The first kappa shape index (κ1) is 95.1. The molecule has 6 atom stereocenters. The van der Waals surface area contributed by atoms with E-state index in [2.05, 4.69) is 55.4 Å². The minimum absolute atomic E-state index is 0.106. The van der Waals surface area contributed by atoms with Crippen LogP contribution in [-0.4, -0.2) is 96.7 Å². The van der Waals surface area contributed by atoms with Gasteiger partial charge in [0.05, 0.1) is 26.4 Å². The molecule has 0 aromatic heterocycles. The zero-order chi connectivity index (χ0) is 71.7. The molecule has 0 fully saturated rings. The number of hydrogen-bond acceptors (Lipinski definition) is 15. The normalized spacial score (nSPS) is 14.4. The summed E-state index contributed by atoms with van der Waals surface area (Å²) in [4.78, 5) is 72.9. The Morgan fingerprint density at radius 3 is 0.732 bits per heavy atom. The number of rotatable bonds is 75. The zero-order valence-electron chi connectivity index (χ0n) is 63.7. The van der Waals surface area contributed by atoms with Crippen LogP contribution in [-0.2, 0) is 65.4 Å². The van der Waals surface area contributed by atoms with Gasteiger partial charge < -0.3 is 33.8 Å². The highest BCUT2D eigenvalue weighted by molar-refractivity contribution is 7.47. The maximum absolute atomic E-state index is 13.1. The predicted octanol–water partition coefficient (Wildman–Crippen LogP) is 22.8. The maximum atomic E-state index is 13.1. The monoisotopic (exact) mass is 1420 g/mol. The van der Waals surface area contributed by atoms with Gasteiger partial charge in [-0.25, -0.2) is 9.13 Å². The molecule has 0 rings (SSSR count). The zero-order valence-corrected chi connectivity index (χ0v) is 65.5. The molecule has 97 heavy (non-hydrogen) atoms. The van der Waals surface area contributed by atoms with Gasteiger partial charge in [0.1, 0.15) is 19.3 Å². The van der Waals surface area contributed by atoms with Crippen LogP contribution in [0.15, 0.2) is 0 Å². The average molecular weight is 1420 g/mol. The Balaban J connectivity index is 5.20. The van der Waals surface area contributed by atoms with Crippen LogP contribution in [0.4, 0.5) is 0 Å². The number of phosphoric ester groups is 2. The first-order chi connectivity index (χ1) is 46.6. The number of phosphoric acid groups is 2. The molecule has 0 aliphatic carbocycles. The third kappa shape index (κ3) is 70.9. The van der Waals surface area contributed by atoms with Gasteiger partial charge in [0, 0.05) is 25.7 Å². The quantitative estimate of drug-likeness (QED) is 0.0222. The highest BCUT2D eigenvalue weighted by Gasteiger charge is 2.30. The molecule has 0 bridgehead atoms. The second-order valence-corrected chi connectivity index (χ2v) is 32.7. The number of hydrogen-bond donors (Lipinski definition) is 3. The van der Waals surface area contributed by atoms with Crippen molar-refractivity contribution in [3.63, 3.8) is 0 Å². The minimum atomic E-state index is -4.96. The number of unbranched alkanes of at least 4 members (excludes halogenated alkanes) is 40. The summed E-state index contributed by atoms with van der Waals surface area (Å²) < 4.78 is 68.6. The number of ether oxygens (including phenoxy) is 4. The van der Waals surface area contributed by atoms with Crippen LogP contribution in [0.5, 0.6) is 0 Å². The van der Waals surface area contributed by atoms with Gasteiger partial charge >= 0.3 is 39.5 Å². The fourth-order valence-corrected chi connectivity index (χ4v) is 13.5. The Kier molecular flexibility index (Phi) is 65.9. The molecule has 4 unspecified atom stereocenters. The summed E-state index contributed by atoms with van der Waals surface area (Å²) in [6.45, 7) is 14.2. The molecule has 17 nitrogen and oxygen atoms in total. The molecule has 0 radical (unpaired) electrons. The molecular formula is C78H152O17P2. The van der Waals surface area contributed by atoms with Gasteiger partial charge in [-0.3, -0.25) is 37.3 Å². The molecule has 0 aliphatic rings. The van der Waals surface area contributed by atoms with Crippen molar-refractivity contribution in [2.45, 2.75) is 414 Å². The van der Waals surface area contributed by atoms with E-state index in [0.29, 0.717) is 31.6 Å². The van der Waals surface area contributed by atoms with Crippen molar-refractivity contribution in [2.24, 2.45) is 23.7 Å². The number of aliphatic hydroxyl groups excluding tert-OH is 1. The SMILES string of the molecule is CCC(C)CCCCCCCCCCC(=O)OC[C@H](COP(=O)(O)OCC(O)COP(=O)(O)OC[C@@H](COC(=O)CCCCCCCCCC(C)C)OC(=O)CCCCCCCCCCCCCCCCCCCCC(C)C)OC(=O)CCCCCCCCCCCCCC(C)C. The maximum Gasteiger partial charge on any atom is 0.472 e. The molecular weight excluding hydrogens is 1270 g/mol. The molecule has 0 aliphatic heterocycles. The molecule has 0 aromatic rings. The number of carbonyl (C=O) groups is 4. The Bertz CT molecular complexity index is 1900. The minimum Gasteiger partial charge on any atom is -0.462 e. The van der Waals surface area contributed by atoms with Gasteiger partial charge in [0.25, 0.3) is 0 Å². The van der Waals surface area contributed by atoms with Crippen LogP contribution in [0.3, 0.4) is 0 Å². The van der Waals surface area contributed by atoms with E-state index in [9.17, 15) is 43.2 Å². The Hall–Kier alpha value is -1.94. The molecule has 3 N–H and O–H groups in total. The lowest BCUT2D eigenvalue weighted by Gasteiger charge is -2.21. The van der Waals surface area contributed by atoms with E-state index in [0.717, 1.165) is 114 Å². The van der Waals surface area contributed by atoms with E-state index in [-0.39, 0.29) is 25.7 Å². The van der Waals surface area contributed by atoms with Gasteiger partial charge in [0.15, 0.2) is 12.2 Å². The third-order valence-corrected chi connectivity index (χ3v) is 20.3. The highest BCUT2D eigenvalue weighted by Crippen LogP contribution is 2.45. The molecule has 576 valence electrons. The third-order valence-electron chi connectivity index (χ3n) is 18.4. The van der Waals surface area contributed by atoms with Gasteiger partial charge in [-0.1, -0.05) is 344 Å². The van der Waals surface area contributed by atoms with Crippen molar-refractivity contribution in [1.29, 1.82) is 0 Å². The van der Waals surface area contributed by atoms with E-state index in [4.69, 9.17) is 37.0 Å². The van der Waals surface area contributed by atoms with Crippen molar-refractivity contribution in [3.8, 4) is 0 Å². The molecule has 0 saturated carbocycles. The summed E-state index contributed by atoms with van der Waals surface area (Å²) in [7, 11) is -9.92. The molecule has 0 heterocycles. The van der Waals surface area contributed by atoms with Crippen molar-refractivity contribution in [3.05, 3.63) is 0 Å². The standard InChI is InChI=1S/C78H152O17P2/c1-9-71(8)57-49-41-33-27-28-34-42-50-58-75(80)88-64-73(94-78(83)61-53-45-36-26-22-18-20-24-31-39-47-55-69(4)5)66-92-96(84,85)90-62-72(79)63-91-97(86,87)93-67-74(65-89-76(81)59-51-43-37-29-32-40-48-56-70(6)7)95-77(82)60-52-44-35-25-21-17-15-13-11-10-12-14-16-19-23-30-38-46-54-68(2)3/h68-74,79H,9-67H2,1-8H3,(H,84,85)(H,86,87)/t71?,72?,73-,74-/m1/s1. The van der Waals surface area contributed by atoms with Crippen LogP contribution in [0.2, 0.25) is 0 Å². The van der Waals surface area contributed by atoms with Crippen LogP contribution in [0, 0.1) is 23.7 Å². The lowest BCUT2D eigenvalue weighted by molar-refractivity contribution is -0.161. The van der Waals surface area contributed by atoms with E-state index < -0.39 is 97.5 Å². The summed E-state index contributed by atoms with van der Waals surface area (Å²) in [5.74, 6) is 0.948. The van der Waals surface area contributed by atoms with E-state index in [1.165, 1.54) is 193 Å². The molecule has 0 amide bonds. The Labute approximate surface area is 594 Å². The topological polar surface area (TPSA) is 237 Å². The van der Waals surface area contributed by atoms with E-state index >= 15 is 0 Å². The summed E-state index contributed by atoms with van der Waals surface area (Å²) in [5.41, 5.74) is 0. The number of aliphatic hydroxyl groups is 1. The van der Waals surface area contributed by atoms with E-state index in [1.807, 2.05) is 0 Å². The smallest absolute Gasteiger partial charge is 0.462 e. The summed E-state index contributed by atoms with van der Waals surface area (Å²) in [6, 6.07) is 0. The lowest BCUT2D eigenvalue weighted by Crippen LogP contribution is -2.30. The Morgan fingerprint density at radius 2 is 0.495 bits per heavy atom. The van der Waals surface area contributed by atoms with Crippen molar-refractivity contribution < 1.29 is 80.2 Å². The summed E-state index contributed by atoms with van der Waals surface area (Å²) >= 11 is 0. The molecule has 0 aromatic carbocycles. The van der Waals surface area contributed by atoms with Crippen molar-refractivity contribution in [2.75, 3.05) is 39.6 Å². The fraction of sp³-hybridized carbons (Fsp3) is 0.949. The van der Waals surface area contributed by atoms with Crippen LogP contribution < -0.4 is 0 Å². The first-order valence-electron chi connectivity index (χ1n) is 40.2.